The first-order valence-corrected chi connectivity index (χ1v) is 7.59. The minimum Gasteiger partial charge on any atom is -0.312 e. The number of aromatic nitrogens is 1. The van der Waals surface area contributed by atoms with Crippen LogP contribution in [0.4, 0.5) is 0 Å². The van der Waals surface area contributed by atoms with E-state index in [-0.39, 0.29) is 5.54 Å². The van der Waals surface area contributed by atoms with Gasteiger partial charge >= 0.3 is 0 Å². The van der Waals surface area contributed by atoms with Gasteiger partial charge in [0.1, 0.15) is 0 Å². The zero-order valence-corrected chi connectivity index (χ0v) is 13.8. The van der Waals surface area contributed by atoms with Crippen LogP contribution in [0.2, 0.25) is 0 Å². The molecule has 0 saturated heterocycles. The van der Waals surface area contributed by atoms with Crippen LogP contribution >= 0.6 is 11.3 Å². The van der Waals surface area contributed by atoms with E-state index < -0.39 is 0 Å². The smallest absolute Gasteiger partial charge is 0.0936 e. The number of aryl methyl sites for hydroxylation is 2. The van der Waals surface area contributed by atoms with Gasteiger partial charge in [-0.05, 0) is 53.0 Å². The highest BCUT2D eigenvalue weighted by atomic mass is 32.1. The van der Waals surface area contributed by atoms with Crippen LogP contribution in [0.1, 0.15) is 56.6 Å². The average Bonchev–Trinajstić information content (AvgIpc) is 2.41. The van der Waals surface area contributed by atoms with Crippen LogP contribution in [0.25, 0.3) is 0 Å². The summed E-state index contributed by atoms with van der Waals surface area (Å²) < 4.78 is 0. The molecule has 1 aromatic rings. The number of hydrogen-bond donors (Lipinski definition) is 1. The molecule has 3 heteroatoms. The van der Waals surface area contributed by atoms with Crippen molar-refractivity contribution in [2.45, 2.75) is 66.8 Å². The van der Waals surface area contributed by atoms with Gasteiger partial charge < -0.3 is 5.32 Å². The van der Waals surface area contributed by atoms with E-state index in [4.69, 9.17) is 0 Å². The van der Waals surface area contributed by atoms with Gasteiger partial charge in [0.15, 0.2) is 0 Å². The second-order valence-electron chi connectivity index (χ2n) is 7.02. The Morgan fingerprint density at radius 3 is 2.17 bits per heavy atom. The fraction of sp³-hybridized carbons (Fsp3) is 0.800. The van der Waals surface area contributed by atoms with Crippen molar-refractivity contribution < 1.29 is 0 Å². The van der Waals surface area contributed by atoms with Crippen molar-refractivity contribution in [3.63, 3.8) is 0 Å². The number of nitrogens with one attached hydrogen (secondary N) is 1. The molecule has 0 saturated carbocycles. The van der Waals surface area contributed by atoms with Crippen LogP contribution < -0.4 is 5.32 Å². The zero-order valence-electron chi connectivity index (χ0n) is 13.0. The zero-order chi connectivity index (χ0) is 14.0. The van der Waals surface area contributed by atoms with Gasteiger partial charge in [-0.25, -0.2) is 4.98 Å². The number of nitrogens with zero attached hydrogens (tertiary/aromatic N) is 1. The standard InChI is InChI=1S/C15H28N2S/c1-11-12(2)18-13(17-11)10-15(6,7)8-9-16-14(3,4)5/h16H,8-10H2,1-7H3. The van der Waals surface area contributed by atoms with Crippen molar-refractivity contribution in [1.29, 1.82) is 0 Å². The van der Waals surface area contributed by atoms with Gasteiger partial charge in [-0.3, -0.25) is 0 Å². The van der Waals surface area contributed by atoms with E-state index in [1.165, 1.54) is 22.0 Å². The molecule has 1 rings (SSSR count). The molecule has 1 aromatic heterocycles. The van der Waals surface area contributed by atoms with E-state index >= 15 is 0 Å². The number of rotatable bonds is 5. The second-order valence-corrected chi connectivity index (χ2v) is 8.30. The molecule has 0 aliphatic heterocycles. The van der Waals surface area contributed by atoms with Crippen molar-refractivity contribution in [1.82, 2.24) is 10.3 Å². The summed E-state index contributed by atoms with van der Waals surface area (Å²) in [4.78, 5) is 6.01. The summed E-state index contributed by atoms with van der Waals surface area (Å²) in [6, 6.07) is 0. The highest BCUT2D eigenvalue weighted by molar-refractivity contribution is 7.11. The quantitative estimate of drug-likeness (QED) is 0.869. The van der Waals surface area contributed by atoms with Crippen LogP contribution in [0, 0.1) is 19.3 Å². The van der Waals surface area contributed by atoms with Gasteiger partial charge in [-0.1, -0.05) is 13.8 Å². The van der Waals surface area contributed by atoms with E-state index in [2.05, 4.69) is 58.8 Å². The maximum atomic E-state index is 4.65. The molecule has 0 aliphatic rings. The molecule has 0 aliphatic carbocycles. The molecule has 104 valence electrons. The Bertz CT molecular complexity index is 366. The predicted molar refractivity (Wildman–Crippen MR) is 81.4 cm³/mol. The molecule has 0 aromatic carbocycles. The summed E-state index contributed by atoms with van der Waals surface area (Å²) in [6.45, 7) is 16.6. The van der Waals surface area contributed by atoms with Gasteiger partial charge in [0.05, 0.1) is 10.7 Å². The van der Waals surface area contributed by atoms with Gasteiger partial charge in [0, 0.05) is 16.8 Å². The maximum Gasteiger partial charge on any atom is 0.0936 e. The molecule has 18 heavy (non-hydrogen) atoms. The minimum atomic E-state index is 0.213. The molecule has 0 unspecified atom stereocenters. The van der Waals surface area contributed by atoms with Gasteiger partial charge in [0.2, 0.25) is 0 Å². The molecule has 0 fully saturated rings. The van der Waals surface area contributed by atoms with Gasteiger partial charge in [-0.15, -0.1) is 11.3 Å². The summed E-state index contributed by atoms with van der Waals surface area (Å²) in [7, 11) is 0. The summed E-state index contributed by atoms with van der Waals surface area (Å²) >= 11 is 1.85. The monoisotopic (exact) mass is 268 g/mol. The largest absolute Gasteiger partial charge is 0.312 e. The van der Waals surface area contributed by atoms with E-state index in [1.807, 2.05) is 11.3 Å². The van der Waals surface area contributed by atoms with E-state index in [0.29, 0.717) is 5.41 Å². The highest BCUT2D eigenvalue weighted by Gasteiger charge is 2.21. The molecule has 0 atom stereocenters. The van der Waals surface area contributed by atoms with Crippen LogP contribution in [0.15, 0.2) is 0 Å². The average molecular weight is 268 g/mol. The number of hydrogen-bond acceptors (Lipinski definition) is 3. The SMILES string of the molecule is Cc1nc(CC(C)(C)CCNC(C)(C)C)sc1C. The van der Waals surface area contributed by atoms with Crippen molar-refractivity contribution in [2.24, 2.45) is 5.41 Å². The third-order valence-electron chi connectivity index (χ3n) is 3.16. The first kappa shape index (κ1) is 15.6. The summed E-state index contributed by atoms with van der Waals surface area (Å²) in [5.41, 5.74) is 1.72. The predicted octanol–water partition coefficient (Wildman–Crippen LogP) is 4.11. The van der Waals surface area contributed by atoms with Crippen LogP contribution in [0.3, 0.4) is 0 Å². The summed E-state index contributed by atoms with van der Waals surface area (Å²) in [6.07, 6.45) is 2.26. The topological polar surface area (TPSA) is 24.9 Å². The van der Waals surface area contributed by atoms with Gasteiger partial charge in [-0.2, -0.15) is 0 Å². The molecule has 1 heterocycles. The van der Waals surface area contributed by atoms with Crippen molar-refractivity contribution >= 4 is 11.3 Å². The molecule has 0 bridgehead atoms. The lowest BCUT2D eigenvalue weighted by atomic mass is 9.85. The van der Waals surface area contributed by atoms with Crippen LogP contribution in [-0.4, -0.2) is 17.1 Å². The summed E-state index contributed by atoms with van der Waals surface area (Å²) in [5, 5.41) is 4.85. The molecule has 2 nitrogen and oxygen atoms in total. The normalized spacial score (nSPS) is 13.1. The Balaban J connectivity index is 2.49. The van der Waals surface area contributed by atoms with E-state index in [0.717, 1.165) is 13.0 Å². The Labute approximate surface area is 116 Å². The Morgan fingerprint density at radius 1 is 1.11 bits per heavy atom. The van der Waals surface area contributed by atoms with E-state index in [1.54, 1.807) is 0 Å². The molecular formula is C15H28N2S. The maximum absolute atomic E-state index is 4.65. The minimum absolute atomic E-state index is 0.213. The Morgan fingerprint density at radius 2 is 1.72 bits per heavy atom. The van der Waals surface area contributed by atoms with Crippen LogP contribution in [-0.2, 0) is 6.42 Å². The van der Waals surface area contributed by atoms with Gasteiger partial charge in [0.25, 0.3) is 0 Å². The first-order valence-electron chi connectivity index (χ1n) is 6.77. The molecule has 0 amide bonds. The van der Waals surface area contributed by atoms with Crippen molar-refractivity contribution in [2.75, 3.05) is 6.54 Å². The third kappa shape index (κ3) is 5.49. The van der Waals surface area contributed by atoms with E-state index in [9.17, 15) is 0 Å². The summed E-state index contributed by atoms with van der Waals surface area (Å²) in [5.74, 6) is 0. The lowest BCUT2D eigenvalue weighted by Crippen LogP contribution is -2.38. The first-order chi connectivity index (χ1) is 8.09. The fourth-order valence-electron chi connectivity index (χ4n) is 1.89. The molecule has 0 radical (unpaired) electrons. The van der Waals surface area contributed by atoms with Crippen molar-refractivity contribution in [3.05, 3.63) is 15.6 Å². The molecule has 0 spiro atoms. The lowest BCUT2D eigenvalue weighted by Gasteiger charge is -2.27. The molecule has 1 N–H and O–H groups in total. The Kier molecular flexibility index (Phi) is 4.96. The van der Waals surface area contributed by atoms with Crippen LogP contribution in [0.5, 0.6) is 0 Å². The fourth-order valence-corrected chi connectivity index (χ4v) is 3.08. The Hall–Kier alpha value is -0.410. The molecular weight excluding hydrogens is 240 g/mol. The third-order valence-corrected chi connectivity index (χ3v) is 4.23. The highest BCUT2D eigenvalue weighted by Crippen LogP contribution is 2.28. The second kappa shape index (κ2) is 5.70. The van der Waals surface area contributed by atoms with Crippen molar-refractivity contribution in [3.8, 4) is 0 Å². The number of thiazole rings is 1. The lowest BCUT2D eigenvalue weighted by molar-refractivity contribution is 0.302.